The molecule has 26 heavy (non-hydrogen) atoms. The summed E-state index contributed by atoms with van der Waals surface area (Å²) in [7, 11) is 0. The summed E-state index contributed by atoms with van der Waals surface area (Å²) in [5.41, 5.74) is 1.14. The number of para-hydroxylation sites is 1. The predicted octanol–water partition coefficient (Wildman–Crippen LogP) is 3.80. The minimum Gasteiger partial charge on any atom is -0.449 e. The van der Waals surface area contributed by atoms with Crippen molar-refractivity contribution in [1.29, 1.82) is 0 Å². The van der Waals surface area contributed by atoms with E-state index in [1.165, 1.54) is 24.3 Å². The highest BCUT2D eigenvalue weighted by Gasteiger charge is 2.22. The minimum absolute atomic E-state index is 0.0413. The Morgan fingerprint density at radius 1 is 1.08 bits per heavy atom. The van der Waals surface area contributed by atoms with E-state index in [4.69, 9.17) is 9.15 Å². The van der Waals surface area contributed by atoms with Gasteiger partial charge in [0.2, 0.25) is 11.7 Å². The monoisotopic (exact) mass is 356 g/mol. The van der Waals surface area contributed by atoms with E-state index in [-0.39, 0.29) is 18.1 Å². The molecule has 0 aliphatic rings. The number of carbonyl (C=O) groups excluding carboxylic acids is 2. The molecule has 0 saturated heterocycles. The van der Waals surface area contributed by atoms with Gasteiger partial charge in [0.05, 0.1) is 0 Å². The summed E-state index contributed by atoms with van der Waals surface area (Å²) in [6, 6.07) is 12.3. The number of benzene rings is 2. The number of carbonyl (C=O) groups is 2. The fourth-order valence-corrected chi connectivity index (χ4v) is 2.42. The number of halogens is 1. The third kappa shape index (κ3) is 3.89. The number of furan rings is 1. The van der Waals surface area contributed by atoms with Gasteiger partial charge in [-0.15, -0.1) is 0 Å². The Bertz CT molecular complexity index is 934. The van der Waals surface area contributed by atoms with Gasteiger partial charge in [-0.1, -0.05) is 12.1 Å². The van der Waals surface area contributed by atoms with Crippen LogP contribution in [-0.4, -0.2) is 25.0 Å². The maximum absolute atomic E-state index is 13.0. The van der Waals surface area contributed by atoms with Crippen molar-refractivity contribution in [2.75, 3.05) is 23.8 Å². The number of amides is 2. The lowest BCUT2D eigenvalue weighted by Gasteiger charge is -2.07. The van der Waals surface area contributed by atoms with Gasteiger partial charge in [-0.25, -0.2) is 4.39 Å². The third-order valence-electron chi connectivity index (χ3n) is 3.61. The number of ether oxygens (including phenoxy) is 1. The number of anilines is 2. The van der Waals surface area contributed by atoms with Gasteiger partial charge >= 0.3 is 0 Å². The van der Waals surface area contributed by atoms with E-state index in [2.05, 4.69) is 10.6 Å². The molecule has 3 aromatic rings. The third-order valence-corrected chi connectivity index (χ3v) is 3.61. The number of fused-ring (bicyclic) bond motifs is 1. The van der Waals surface area contributed by atoms with Crippen LogP contribution in [0.2, 0.25) is 0 Å². The lowest BCUT2D eigenvalue weighted by atomic mass is 10.2. The molecule has 7 heteroatoms. The molecule has 1 heterocycles. The highest BCUT2D eigenvalue weighted by Crippen LogP contribution is 2.31. The predicted molar refractivity (Wildman–Crippen MR) is 95.7 cm³/mol. The number of nitrogens with one attached hydrogen (secondary N) is 2. The van der Waals surface area contributed by atoms with Crippen LogP contribution in [0.1, 0.15) is 17.5 Å². The zero-order valence-electron chi connectivity index (χ0n) is 14.0. The van der Waals surface area contributed by atoms with E-state index in [0.717, 1.165) is 0 Å². The molecule has 2 aromatic carbocycles. The van der Waals surface area contributed by atoms with E-state index in [1.807, 2.05) is 0 Å². The molecule has 0 fully saturated rings. The van der Waals surface area contributed by atoms with Crippen LogP contribution < -0.4 is 10.6 Å². The molecule has 2 amide bonds. The molecule has 0 aliphatic carbocycles. The fraction of sp³-hybridized carbons (Fsp3) is 0.158. The maximum Gasteiger partial charge on any atom is 0.293 e. The second-order valence-corrected chi connectivity index (χ2v) is 5.45. The maximum atomic E-state index is 13.0. The van der Waals surface area contributed by atoms with Crippen LogP contribution in [0, 0.1) is 5.82 Å². The number of rotatable bonds is 6. The topological polar surface area (TPSA) is 80.6 Å². The van der Waals surface area contributed by atoms with Crippen molar-refractivity contribution in [3.05, 3.63) is 60.1 Å². The van der Waals surface area contributed by atoms with Crippen molar-refractivity contribution in [3.8, 4) is 0 Å². The summed E-state index contributed by atoms with van der Waals surface area (Å²) in [5.74, 6) is -1.40. The molecule has 134 valence electrons. The van der Waals surface area contributed by atoms with Crippen LogP contribution in [0.4, 0.5) is 15.8 Å². The molecular formula is C19H17FN2O4. The Labute approximate surface area is 148 Å². The lowest BCUT2D eigenvalue weighted by molar-refractivity contribution is -0.120. The van der Waals surface area contributed by atoms with E-state index < -0.39 is 17.6 Å². The summed E-state index contributed by atoms with van der Waals surface area (Å²) < 4.78 is 23.7. The molecule has 3 rings (SSSR count). The second-order valence-electron chi connectivity index (χ2n) is 5.45. The average molecular weight is 356 g/mol. The van der Waals surface area contributed by atoms with Crippen molar-refractivity contribution in [2.45, 2.75) is 6.92 Å². The lowest BCUT2D eigenvalue weighted by Crippen LogP contribution is -2.20. The molecule has 0 bridgehead atoms. The Morgan fingerprint density at radius 2 is 1.81 bits per heavy atom. The first kappa shape index (κ1) is 17.6. The van der Waals surface area contributed by atoms with E-state index >= 15 is 0 Å². The summed E-state index contributed by atoms with van der Waals surface area (Å²) in [6.07, 6.45) is 0. The summed E-state index contributed by atoms with van der Waals surface area (Å²) in [5, 5.41) is 5.89. The van der Waals surface area contributed by atoms with Crippen molar-refractivity contribution in [2.24, 2.45) is 0 Å². The largest absolute Gasteiger partial charge is 0.449 e. The summed E-state index contributed by atoms with van der Waals surface area (Å²) >= 11 is 0. The Balaban J connectivity index is 1.90. The van der Waals surface area contributed by atoms with Crippen LogP contribution in [-0.2, 0) is 9.53 Å². The van der Waals surface area contributed by atoms with Crippen molar-refractivity contribution in [3.63, 3.8) is 0 Å². The Morgan fingerprint density at radius 3 is 2.54 bits per heavy atom. The van der Waals surface area contributed by atoms with Gasteiger partial charge in [0, 0.05) is 17.7 Å². The van der Waals surface area contributed by atoms with Gasteiger partial charge in [-0.2, -0.15) is 0 Å². The molecule has 0 aliphatic heterocycles. The number of hydrogen-bond donors (Lipinski definition) is 2. The van der Waals surface area contributed by atoms with E-state index in [0.29, 0.717) is 23.3 Å². The molecule has 0 saturated carbocycles. The Hall–Kier alpha value is -3.19. The van der Waals surface area contributed by atoms with Crippen molar-refractivity contribution in [1.82, 2.24) is 0 Å². The first-order valence-electron chi connectivity index (χ1n) is 8.04. The first-order chi connectivity index (χ1) is 12.6. The molecule has 0 unspecified atom stereocenters. The zero-order valence-corrected chi connectivity index (χ0v) is 14.0. The zero-order chi connectivity index (χ0) is 18.5. The highest BCUT2D eigenvalue weighted by molar-refractivity contribution is 6.14. The van der Waals surface area contributed by atoms with Crippen molar-refractivity contribution >= 4 is 34.2 Å². The van der Waals surface area contributed by atoms with Gasteiger partial charge in [0.15, 0.2) is 0 Å². The molecule has 0 atom stereocenters. The molecule has 0 radical (unpaired) electrons. The van der Waals surface area contributed by atoms with Gasteiger partial charge in [0.1, 0.15) is 23.7 Å². The van der Waals surface area contributed by atoms with Crippen LogP contribution in [0.3, 0.4) is 0 Å². The molecular weight excluding hydrogens is 339 g/mol. The van der Waals surface area contributed by atoms with Gasteiger partial charge in [-0.3, -0.25) is 9.59 Å². The second kappa shape index (κ2) is 7.79. The van der Waals surface area contributed by atoms with Crippen LogP contribution in [0.5, 0.6) is 0 Å². The molecule has 2 N–H and O–H groups in total. The quantitative estimate of drug-likeness (QED) is 0.704. The molecule has 1 aromatic heterocycles. The molecule has 0 spiro atoms. The smallest absolute Gasteiger partial charge is 0.293 e. The van der Waals surface area contributed by atoms with E-state index in [1.54, 1.807) is 31.2 Å². The summed E-state index contributed by atoms with van der Waals surface area (Å²) in [4.78, 5) is 24.6. The van der Waals surface area contributed by atoms with Crippen LogP contribution in [0.25, 0.3) is 11.0 Å². The van der Waals surface area contributed by atoms with Crippen LogP contribution >= 0.6 is 0 Å². The SMILES string of the molecule is CCOCC(=O)Nc1c(C(=O)Nc2ccc(F)cc2)oc2ccccc12. The van der Waals surface area contributed by atoms with Crippen LogP contribution in [0.15, 0.2) is 52.9 Å². The number of hydrogen-bond acceptors (Lipinski definition) is 4. The summed E-state index contributed by atoms with van der Waals surface area (Å²) in [6.45, 7) is 2.05. The minimum atomic E-state index is -0.556. The molecule has 6 nitrogen and oxygen atoms in total. The average Bonchev–Trinajstić information content (AvgIpc) is 3.00. The van der Waals surface area contributed by atoms with E-state index in [9.17, 15) is 14.0 Å². The first-order valence-corrected chi connectivity index (χ1v) is 8.04. The fourth-order valence-electron chi connectivity index (χ4n) is 2.42. The van der Waals surface area contributed by atoms with Gasteiger partial charge < -0.3 is 19.8 Å². The van der Waals surface area contributed by atoms with Gasteiger partial charge in [0.25, 0.3) is 5.91 Å². The Kier molecular flexibility index (Phi) is 5.28. The highest BCUT2D eigenvalue weighted by atomic mass is 19.1. The normalized spacial score (nSPS) is 10.7. The van der Waals surface area contributed by atoms with Crippen molar-refractivity contribution < 1.29 is 23.1 Å². The van der Waals surface area contributed by atoms with Gasteiger partial charge in [-0.05, 0) is 43.3 Å². The standard InChI is InChI=1S/C19H17FN2O4/c1-2-25-11-16(23)22-17-14-5-3-4-6-15(14)26-18(17)19(24)21-13-9-7-12(20)8-10-13/h3-10H,2,11H2,1H3,(H,21,24)(H,22,23).